The molecule has 1 aliphatic heterocycles. The number of nitrogens with zero attached hydrogens (tertiary/aromatic N) is 1. The van der Waals surface area contributed by atoms with E-state index in [1.54, 1.807) is 30.3 Å². The fourth-order valence-corrected chi connectivity index (χ4v) is 2.81. The summed E-state index contributed by atoms with van der Waals surface area (Å²) in [5.74, 6) is 0.124. The lowest BCUT2D eigenvalue weighted by Gasteiger charge is -2.19. The molecule has 1 aromatic carbocycles. The molecule has 0 saturated carbocycles. The van der Waals surface area contributed by atoms with Crippen LogP contribution in [-0.4, -0.2) is 43.5 Å². The molecular weight excluding hydrogens is 354 g/mol. The zero-order chi connectivity index (χ0) is 19.6. The lowest BCUT2D eigenvalue weighted by atomic mass is 9.99. The van der Waals surface area contributed by atoms with Crippen LogP contribution in [0.5, 0.6) is 11.5 Å². The maximum atomic E-state index is 12.7. The first-order chi connectivity index (χ1) is 12.9. The van der Waals surface area contributed by atoms with Crippen molar-refractivity contribution in [3.63, 3.8) is 0 Å². The summed E-state index contributed by atoms with van der Waals surface area (Å²) in [6.07, 6.45) is 1.41. The summed E-state index contributed by atoms with van der Waals surface area (Å²) in [5.41, 5.74) is -0.956. The number of carbonyl (C=O) groups excluding carboxylic acids is 3. The lowest BCUT2D eigenvalue weighted by Crippen LogP contribution is -2.41. The van der Waals surface area contributed by atoms with Gasteiger partial charge in [0.2, 0.25) is 5.91 Å². The van der Waals surface area contributed by atoms with E-state index < -0.39 is 29.9 Å². The second-order valence-corrected chi connectivity index (χ2v) is 6.04. The number of nitrogens with one attached hydrogen (secondary N) is 2. The van der Waals surface area contributed by atoms with Crippen LogP contribution in [0.3, 0.4) is 0 Å². The van der Waals surface area contributed by atoms with E-state index in [9.17, 15) is 14.4 Å². The van der Waals surface area contributed by atoms with Crippen LogP contribution in [0.4, 0.5) is 10.5 Å². The van der Waals surface area contributed by atoms with Crippen molar-refractivity contribution in [2.45, 2.75) is 12.5 Å². The number of rotatable bonds is 6. The first kappa shape index (κ1) is 18.3. The second-order valence-electron chi connectivity index (χ2n) is 6.04. The van der Waals surface area contributed by atoms with Crippen LogP contribution in [0, 0.1) is 0 Å². The van der Waals surface area contributed by atoms with Gasteiger partial charge in [-0.1, -0.05) is 0 Å². The van der Waals surface area contributed by atoms with Crippen LogP contribution in [0.2, 0.25) is 0 Å². The molecule has 2 aromatic rings. The summed E-state index contributed by atoms with van der Waals surface area (Å²) in [7, 11) is 2.97. The number of hydrogen-bond donors (Lipinski definition) is 2. The van der Waals surface area contributed by atoms with Crippen LogP contribution in [0.1, 0.15) is 12.7 Å². The maximum Gasteiger partial charge on any atom is 0.325 e. The Balaban J connectivity index is 1.73. The number of hydrogen-bond acceptors (Lipinski definition) is 6. The Morgan fingerprint density at radius 3 is 2.67 bits per heavy atom. The summed E-state index contributed by atoms with van der Waals surface area (Å²) in [6, 6.07) is 7.40. The Bertz CT molecular complexity index is 879. The van der Waals surface area contributed by atoms with Gasteiger partial charge < -0.3 is 24.5 Å². The topological polar surface area (TPSA) is 110 Å². The minimum absolute atomic E-state index is 0.292. The van der Waals surface area contributed by atoms with E-state index in [4.69, 9.17) is 13.9 Å². The van der Waals surface area contributed by atoms with Gasteiger partial charge >= 0.3 is 6.03 Å². The van der Waals surface area contributed by atoms with Crippen molar-refractivity contribution in [1.29, 1.82) is 0 Å². The van der Waals surface area contributed by atoms with E-state index in [2.05, 4.69) is 10.6 Å². The average Bonchev–Trinajstić information content (AvgIpc) is 3.27. The number of amides is 4. The lowest BCUT2D eigenvalue weighted by molar-refractivity contribution is -0.134. The number of urea groups is 1. The smallest absolute Gasteiger partial charge is 0.325 e. The van der Waals surface area contributed by atoms with Crippen molar-refractivity contribution < 1.29 is 28.3 Å². The molecule has 4 amide bonds. The highest BCUT2D eigenvalue weighted by atomic mass is 16.5. The van der Waals surface area contributed by atoms with Gasteiger partial charge in [-0.2, -0.15) is 0 Å². The zero-order valence-corrected chi connectivity index (χ0v) is 15.1. The quantitative estimate of drug-likeness (QED) is 0.746. The molecule has 1 aromatic heterocycles. The van der Waals surface area contributed by atoms with Gasteiger partial charge in [-0.15, -0.1) is 0 Å². The van der Waals surface area contributed by atoms with Gasteiger partial charge in [-0.05, 0) is 31.2 Å². The SMILES string of the molecule is COc1ccc(NC(=O)CN2C(=O)N[C@](C)(c3ccco3)C2=O)c(OC)c1. The van der Waals surface area contributed by atoms with E-state index >= 15 is 0 Å². The second kappa shape index (κ2) is 7.02. The molecule has 1 aliphatic rings. The Labute approximate surface area is 155 Å². The minimum atomic E-state index is -1.35. The van der Waals surface area contributed by atoms with Crippen molar-refractivity contribution in [2.24, 2.45) is 0 Å². The summed E-state index contributed by atoms with van der Waals surface area (Å²) < 4.78 is 15.6. The monoisotopic (exact) mass is 373 g/mol. The van der Waals surface area contributed by atoms with Crippen LogP contribution < -0.4 is 20.1 Å². The number of methoxy groups -OCH3 is 2. The molecule has 0 bridgehead atoms. The van der Waals surface area contributed by atoms with Crippen molar-refractivity contribution >= 4 is 23.5 Å². The van der Waals surface area contributed by atoms with Crippen LogP contribution in [0.15, 0.2) is 41.0 Å². The number of imide groups is 1. The largest absolute Gasteiger partial charge is 0.497 e. The third-order valence-electron chi connectivity index (χ3n) is 4.27. The Morgan fingerprint density at radius 2 is 2.04 bits per heavy atom. The van der Waals surface area contributed by atoms with Crippen LogP contribution in [-0.2, 0) is 15.1 Å². The Kier molecular flexibility index (Phi) is 4.76. The minimum Gasteiger partial charge on any atom is -0.497 e. The molecule has 9 nitrogen and oxygen atoms in total. The highest BCUT2D eigenvalue weighted by molar-refractivity contribution is 6.10. The number of ether oxygens (including phenoxy) is 2. The van der Waals surface area contributed by atoms with E-state index in [0.29, 0.717) is 22.9 Å². The van der Waals surface area contributed by atoms with Crippen LogP contribution in [0.25, 0.3) is 0 Å². The first-order valence-electron chi connectivity index (χ1n) is 8.09. The van der Waals surface area contributed by atoms with Gasteiger partial charge in [-0.25, -0.2) is 4.79 Å². The molecule has 9 heteroatoms. The van der Waals surface area contributed by atoms with Crippen molar-refractivity contribution in [2.75, 3.05) is 26.1 Å². The number of benzene rings is 1. The third kappa shape index (κ3) is 3.31. The summed E-state index contributed by atoms with van der Waals surface area (Å²) in [4.78, 5) is 38.1. The molecule has 142 valence electrons. The molecule has 2 N–H and O–H groups in total. The van der Waals surface area contributed by atoms with E-state index in [0.717, 1.165) is 4.90 Å². The summed E-state index contributed by atoms with van der Waals surface area (Å²) in [6.45, 7) is 1.08. The van der Waals surface area contributed by atoms with E-state index in [1.165, 1.54) is 27.4 Å². The van der Waals surface area contributed by atoms with E-state index in [-0.39, 0.29) is 0 Å². The predicted octanol–water partition coefficient (Wildman–Crippen LogP) is 1.70. The van der Waals surface area contributed by atoms with Gasteiger partial charge in [0, 0.05) is 6.07 Å². The standard InChI is InChI=1S/C18H19N3O6/c1-18(14-5-4-8-27-14)16(23)21(17(24)20-18)10-15(22)19-12-7-6-11(25-2)9-13(12)26-3/h4-9H,10H2,1-3H3,(H,19,22)(H,20,24)/t18-/m1/s1. The molecule has 0 radical (unpaired) electrons. The summed E-state index contributed by atoms with van der Waals surface area (Å²) >= 11 is 0. The van der Waals surface area contributed by atoms with Crippen molar-refractivity contribution in [3.8, 4) is 11.5 Å². The predicted molar refractivity (Wildman–Crippen MR) is 94.5 cm³/mol. The number of furan rings is 1. The van der Waals surface area contributed by atoms with Crippen LogP contribution >= 0.6 is 0 Å². The first-order valence-corrected chi connectivity index (χ1v) is 8.09. The molecule has 0 unspecified atom stereocenters. The molecule has 1 atom stereocenters. The number of anilines is 1. The zero-order valence-electron chi connectivity index (χ0n) is 15.1. The van der Waals surface area contributed by atoms with Crippen molar-refractivity contribution in [1.82, 2.24) is 10.2 Å². The third-order valence-corrected chi connectivity index (χ3v) is 4.27. The Hall–Kier alpha value is -3.49. The van der Waals surface area contributed by atoms with Gasteiger partial charge in [0.15, 0.2) is 5.54 Å². The summed E-state index contributed by atoms with van der Waals surface area (Å²) in [5, 5.41) is 5.19. The van der Waals surface area contributed by atoms with Gasteiger partial charge in [0.25, 0.3) is 5.91 Å². The molecule has 2 heterocycles. The average molecular weight is 373 g/mol. The highest BCUT2D eigenvalue weighted by Gasteiger charge is 2.51. The Morgan fingerprint density at radius 1 is 1.26 bits per heavy atom. The molecule has 3 rings (SSSR count). The maximum absolute atomic E-state index is 12.7. The van der Waals surface area contributed by atoms with E-state index in [1.807, 2.05) is 0 Å². The fourth-order valence-electron chi connectivity index (χ4n) is 2.81. The molecule has 27 heavy (non-hydrogen) atoms. The normalized spacial score (nSPS) is 19.0. The fraction of sp³-hybridized carbons (Fsp3) is 0.278. The van der Waals surface area contributed by atoms with Crippen molar-refractivity contribution in [3.05, 3.63) is 42.4 Å². The van der Waals surface area contributed by atoms with Gasteiger partial charge in [-0.3, -0.25) is 14.5 Å². The molecule has 0 spiro atoms. The molecule has 1 fully saturated rings. The highest BCUT2D eigenvalue weighted by Crippen LogP contribution is 2.30. The molecular formula is C18H19N3O6. The van der Waals surface area contributed by atoms with Gasteiger partial charge in [0.05, 0.1) is 26.2 Å². The molecule has 0 aliphatic carbocycles. The molecule has 1 saturated heterocycles. The number of carbonyl (C=O) groups is 3. The van der Waals surface area contributed by atoms with Gasteiger partial charge in [0.1, 0.15) is 23.8 Å².